The molecule has 0 unspecified atom stereocenters. The number of nitrogens with zero attached hydrogens (tertiary/aromatic N) is 2. The first-order chi connectivity index (χ1) is 9.70. The van der Waals surface area contributed by atoms with E-state index in [1.54, 1.807) is 29.4 Å². The number of hydrogen-bond acceptors (Lipinski definition) is 3. The van der Waals surface area contributed by atoms with E-state index in [-0.39, 0.29) is 12.5 Å². The van der Waals surface area contributed by atoms with Crippen LogP contribution in [0.2, 0.25) is 0 Å². The minimum Gasteiger partial charge on any atom is -0.395 e. The van der Waals surface area contributed by atoms with Gasteiger partial charge in [0.05, 0.1) is 6.61 Å². The number of rotatable bonds is 5. The highest BCUT2D eigenvalue weighted by Gasteiger charge is 2.15. The van der Waals surface area contributed by atoms with Crippen molar-refractivity contribution in [2.75, 3.05) is 13.2 Å². The quantitative estimate of drug-likeness (QED) is 0.913. The highest BCUT2D eigenvalue weighted by molar-refractivity contribution is 9.10. The molecule has 20 heavy (non-hydrogen) atoms. The standard InChI is InChI=1S/C15H15BrN2O2/c16-14-3-1-2-12(10-14)11-18(8-9-19)15(20)13-4-6-17-7-5-13/h1-7,10,19H,8-9,11H2. The van der Waals surface area contributed by atoms with Crippen molar-refractivity contribution in [1.82, 2.24) is 9.88 Å². The largest absolute Gasteiger partial charge is 0.395 e. The first kappa shape index (κ1) is 14.7. The molecule has 0 aliphatic carbocycles. The van der Waals surface area contributed by atoms with Crippen LogP contribution >= 0.6 is 15.9 Å². The number of aromatic nitrogens is 1. The molecule has 0 aliphatic rings. The molecule has 4 nitrogen and oxygen atoms in total. The zero-order chi connectivity index (χ0) is 14.4. The summed E-state index contributed by atoms with van der Waals surface area (Å²) in [6.45, 7) is 0.694. The molecule has 1 aromatic carbocycles. The van der Waals surface area contributed by atoms with E-state index in [4.69, 9.17) is 5.11 Å². The lowest BCUT2D eigenvalue weighted by atomic mass is 10.2. The van der Waals surface area contributed by atoms with Crippen molar-refractivity contribution < 1.29 is 9.90 Å². The van der Waals surface area contributed by atoms with Crippen LogP contribution in [0.15, 0.2) is 53.3 Å². The molecule has 0 saturated heterocycles. The molecule has 0 saturated carbocycles. The molecule has 5 heteroatoms. The van der Waals surface area contributed by atoms with Gasteiger partial charge in [-0.3, -0.25) is 9.78 Å². The summed E-state index contributed by atoms with van der Waals surface area (Å²) in [5.41, 5.74) is 1.58. The van der Waals surface area contributed by atoms with Crippen LogP contribution in [0.3, 0.4) is 0 Å². The van der Waals surface area contributed by atoms with Crippen LogP contribution in [-0.2, 0) is 6.54 Å². The molecule has 2 rings (SSSR count). The molecule has 2 aromatic rings. The molecule has 0 atom stereocenters. The summed E-state index contributed by atoms with van der Waals surface area (Å²) in [7, 11) is 0. The van der Waals surface area contributed by atoms with Crippen molar-refractivity contribution in [1.29, 1.82) is 0 Å². The normalized spacial score (nSPS) is 10.3. The fourth-order valence-corrected chi connectivity index (χ4v) is 2.35. The Labute approximate surface area is 126 Å². The molecule has 1 aromatic heterocycles. The van der Waals surface area contributed by atoms with E-state index in [1.165, 1.54) is 0 Å². The van der Waals surface area contributed by atoms with E-state index >= 15 is 0 Å². The second-order valence-corrected chi connectivity index (χ2v) is 5.23. The first-order valence-corrected chi connectivity index (χ1v) is 7.04. The summed E-state index contributed by atoms with van der Waals surface area (Å²) < 4.78 is 0.968. The number of hydrogen-bond donors (Lipinski definition) is 1. The molecule has 0 radical (unpaired) electrons. The van der Waals surface area contributed by atoms with Gasteiger partial charge in [-0.1, -0.05) is 28.1 Å². The van der Waals surface area contributed by atoms with Gasteiger partial charge in [0.2, 0.25) is 0 Å². The Morgan fingerprint density at radius 3 is 2.65 bits per heavy atom. The number of benzene rings is 1. The number of carbonyl (C=O) groups excluding carboxylic acids is 1. The van der Waals surface area contributed by atoms with E-state index in [1.807, 2.05) is 24.3 Å². The molecule has 0 bridgehead atoms. The fraction of sp³-hybridized carbons (Fsp3) is 0.200. The van der Waals surface area contributed by atoms with Gasteiger partial charge in [-0.25, -0.2) is 0 Å². The lowest BCUT2D eigenvalue weighted by Crippen LogP contribution is -2.33. The lowest BCUT2D eigenvalue weighted by Gasteiger charge is -2.22. The predicted octanol–water partition coefficient (Wildman–Crippen LogP) is 2.48. The Balaban J connectivity index is 2.17. The maximum Gasteiger partial charge on any atom is 0.254 e. The molecule has 0 spiro atoms. The molecule has 1 amide bonds. The first-order valence-electron chi connectivity index (χ1n) is 6.25. The van der Waals surface area contributed by atoms with Crippen LogP contribution in [-0.4, -0.2) is 34.0 Å². The Morgan fingerprint density at radius 2 is 2.00 bits per heavy atom. The van der Waals surface area contributed by atoms with Gasteiger partial charge in [-0.05, 0) is 29.8 Å². The lowest BCUT2D eigenvalue weighted by molar-refractivity contribution is 0.0707. The van der Waals surface area contributed by atoms with Gasteiger partial charge < -0.3 is 10.0 Å². The van der Waals surface area contributed by atoms with E-state index in [9.17, 15) is 4.79 Å². The van der Waals surface area contributed by atoms with Gasteiger partial charge in [0, 0.05) is 35.5 Å². The summed E-state index contributed by atoms with van der Waals surface area (Å²) >= 11 is 3.41. The Hall–Kier alpha value is -1.72. The topological polar surface area (TPSA) is 53.4 Å². The third kappa shape index (κ3) is 3.88. The number of halogens is 1. The SMILES string of the molecule is O=C(c1ccncc1)N(CCO)Cc1cccc(Br)c1. The maximum absolute atomic E-state index is 12.4. The van der Waals surface area contributed by atoms with Crippen LogP contribution in [0.5, 0.6) is 0 Å². The average molecular weight is 335 g/mol. The van der Waals surface area contributed by atoms with Crippen LogP contribution in [0.25, 0.3) is 0 Å². The zero-order valence-corrected chi connectivity index (χ0v) is 12.5. The van der Waals surface area contributed by atoms with Gasteiger partial charge in [0.25, 0.3) is 5.91 Å². The molecule has 0 aliphatic heterocycles. The van der Waals surface area contributed by atoms with Gasteiger partial charge in [-0.15, -0.1) is 0 Å². The van der Waals surface area contributed by atoms with Crippen molar-refractivity contribution in [2.45, 2.75) is 6.54 Å². The van der Waals surface area contributed by atoms with Crippen molar-refractivity contribution >= 4 is 21.8 Å². The Bertz CT molecular complexity index is 575. The molecular formula is C15H15BrN2O2. The summed E-state index contributed by atoms with van der Waals surface area (Å²) in [5.74, 6) is -0.110. The Kier molecular flexibility index (Phi) is 5.26. The highest BCUT2D eigenvalue weighted by atomic mass is 79.9. The van der Waals surface area contributed by atoms with E-state index < -0.39 is 0 Å². The third-order valence-electron chi connectivity index (χ3n) is 2.85. The third-order valence-corrected chi connectivity index (χ3v) is 3.34. The van der Waals surface area contributed by atoms with Crippen molar-refractivity contribution in [3.05, 3.63) is 64.4 Å². The fourth-order valence-electron chi connectivity index (χ4n) is 1.91. The Morgan fingerprint density at radius 1 is 1.25 bits per heavy atom. The molecule has 1 N–H and O–H groups in total. The number of amides is 1. The minimum absolute atomic E-state index is 0.0647. The van der Waals surface area contributed by atoms with Crippen LogP contribution in [0, 0.1) is 0 Å². The molecule has 0 fully saturated rings. The smallest absolute Gasteiger partial charge is 0.254 e. The number of aliphatic hydroxyl groups excluding tert-OH is 1. The molecule has 1 heterocycles. The predicted molar refractivity (Wildman–Crippen MR) is 80.2 cm³/mol. The summed E-state index contributed by atoms with van der Waals surface area (Å²) in [5, 5.41) is 9.15. The van der Waals surface area contributed by atoms with E-state index in [2.05, 4.69) is 20.9 Å². The minimum atomic E-state index is -0.110. The van der Waals surface area contributed by atoms with Crippen LogP contribution in [0.4, 0.5) is 0 Å². The van der Waals surface area contributed by atoms with Crippen molar-refractivity contribution in [2.24, 2.45) is 0 Å². The molecule has 104 valence electrons. The molecular weight excluding hydrogens is 320 g/mol. The van der Waals surface area contributed by atoms with Crippen LogP contribution in [0.1, 0.15) is 15.9 Å². The summed E-state index contributed by atoms with van der Waals surface area (Å²) in [6.07, 6.45) is 3.17. The van der Waals surface area contributed by atoms with E-state index in [0.717, 1.165) is 10.0 Å². The van der Waals surface area contributed by atoms with Gasteiger partial charge in [-0.2, -0.15) is 0 Å². The number of pyridine rings is 1. The van der Waals surface area contributed by atoms with Crippen molar-refractivity contribution in [3.8, 4) is 0 Å². The monoisotopic (exact) mass is 334 g/mol. The second kappa shape index (κ2) is 7.17. The van der Waals surface area contributed by atoms with Gasteiger partial charge in [0.15, 0.2) is 0 Å². The highest BCUT2D eigenvalue weighted by Crippen LogP contribution is 2.14. The maximum atomic E-state index is 12.4. The zero-order valence-electron chi connectivity index (χ0n) is 10.9. The van der Waals surface area contributed by atoms with E-state index in [0.29, 0.717) is 18.7 Å². The van der Waals surface area contributed by atoms with Crippen LogP contribution < -0.4 is 0 Å². The van der Waals surface area contributed by atoms with Crippen molar-refractivity contribution in [3.63, 3.8) is 0 Å². The summed E-state index contributed by atoms with van der Waals surface area (Å²) in [4.78, 5) is 17.9. The second-order valence-electron chi connectivity index (χ2n) is 4.32. The van der Waals surface area contributed by atoms with Gasteiger partial charge >= 0.3 is 0 Å². The average Bonchev–Trinajstić information content (AvgIpc) is 2.47. The number of aliphatic hydroxyl groups is 1. The van der Waals surface area contributed by atoms with Gasteiger partial charge in [0.1, 0.15) is 0 Å². The number of carbonyl (C=O) groups is 1. The summed E-state index contributed by atoms with van der Waals surface area (Å²) in [6, 6.07) is 11.1.